The van der Waals surface area contributed by atoms with Gasteiger partial charge in [0.2, 0.25) is 0 Å². The van der Waals surface area contributed by atoms with Crippen LogP contribution in [0.3, 0.4) is 0 Å². The highest BCUT2D eigenvalue weighted by molar-refractivity contribution is 6.62. The maximum atomic E-state index is 5.66. The minimum absolute atomic E-state index is 0.370. The summed E-state index contributed by atoms with van der Waals surface area (Å²) in [7, 11) is 5.08. The van der Waals surface area contributed by atoms with Gasteiger partial charge in [-0.05, 0) is 25.2 Å². The lowest BCUT2D eigenvalue weighted by Gasteiger charge is -2.38. The molecule has 0 aromatic rings. The first kappa shape index (κ1) is 20.2. The molecule has 1 fully saturated rings. The second kappa shape index (κ2) is 9.48. The van der Waals surface area contributed by atoms with Crippen LogP contribution in [0.15, 0.2) is 0 Å². The molecule has 0 bridgehead atoms. The third kappa shape index (κ3) is 4.60. The standard InChI is InChI=1S/C14H32O6Si2/c1-15-21(16-2,17-3)11-10-13-8-7-9-14(12-13)22(18-4,19-5)20-6/h13-14H,7-12H2,1-6H3/t13-,14+/m1/s1. The summed E-state index contributed by atoms with van der Waals surface area (Å²) in [6.45, 7) is 0. The van der Waals surface area contributed by atoms with Crippen molar-refractivity contribution in [2.45, 2.75) is 43.7 Å². The van der Waals surface area contributed by atoms with Gasteiger partial charge in [0.05, 0.1) is 0 Å². The second-order valence-corrected chi connectivity index (χ2v) is 12.1. The van der Waals surface area contributed by atoms with Crippen LogP contribution in [0.25, 0.3) is 0 Å². The fourth-order valence-corrected chi connectivity index (χ4v) is 8.12. The maximum absolute atomic E-state index is 5.66. The molecule has 0 radical (unpaired) electrons. The van der Waals surface area contributed by atoms with Crippen LogP contribution in [0.2, 0.25) is 11.6 Å². The smallest absolute Gasteiger partial charge is 0.377 e. The van der Waals surface area contributed by atoms with Crippen molar-refractivity contribution < 1.29 is 26.6 Å². The van der Waals surface area contributed by atoms with Crippen LogP contribution in [0, 0.1) is 5.92 Å². The Balaban J connectivity index is 2.63. The summed E-state index contributed by atoms with van der Waals surface area (Å²) in [5, 5.41) is 0. The summed E-state index contributed by atoms with van der Waals surface area (Å²) >= 11 is 0. The van der Waals surface area contributed by atoms with E-state index in [0.717, 1.165) is 25.3 Å². The van der Waals surface area contributed by atoms with Crippen LogP contribution in [-0.4, -0.2) is 60.3 Å². The van der Waals surface area contributed by atoms with Crippen molar-refractivity contribution in [3.05, 3.63) is 0 Å². The number of hydrogen-bond acceptors (Lipinski definition) is 6. The Hall–Kier alpha value is 0.194. The third-order valence-electron chi connectivity index (χ3n) is 4.93. The predicted molar refractivity (Wildman–Crippen MR) is 88.7 cm³/mol. The molecular formula is C14H32O6Si2. The first-order chi connectivity index (χ1) is 10.5. The Morgan fingerprint density at radius 2 is 1.32 bits per heavy atom. The van der Waals surface area contributed by atoms with E-state index in [1.807, 2.05) is 0 Å². The molecule has 22 heavy (non-hydrogen) atoms. The van der Waals surface area contributed by atoms with Gasteiger partial charge in [0.25, 0.3) is 0 Å². The van der Waals surface area contributed by atoms with E-state index in [-0.39, 0.29) is 0 Å². The highest BCUT2D eigenvalue weighted by Crippen LogP contribution is 2.42. The largest absolute Gasteiger partial charge is 0.503 e. The Morgan fingerprint density at radius 1 is 0.773 bits per heavy atom. The molecule has 0 N–H and O–H groups in total. The quantitative estimate of drug-likeness (QED) is 0.564. The van der Waals surface area contributed by atoms with Crippen LogP contribution >= 0.6 is 0 Å². The van der Waals surface area contributed by atoms with E-state index in [1.165, 1.54) is 12.8 Å². The molecule has 2 atom stereocenters. The summed E-state index contributed by atoms with van der Waals surface area (Å²) in [5.41, 5.74) is 0.370. The molecular weight excluding hydrogens is 320 g/mol. The van der Waals surface area contributed by atoms with Crippen LogP contribution in [0.4, 0.5) is 0 Å². The average Bonchev–Trinajstić information content (AvgIpc) is 2.59. The molecule has 0 aliphatic heterocycles. The van der Waals surface area contributed by atoms with Crippen molar-refractivity contribution in [1.82, 2.24) is 0 Å². The van der Waals surface area contributed by atoms with E-state index in [9.17, 15) is 0 Å². The molecule has 0 amide bonds. The van der Waals surface area contributed by atoms with Crippen LogP contribution < -0.4 is 0 Å². The first-order valence-electron chi connectivity index (χ1n) is 7.86. The normalized spacial score (nSPS) is 23.7. The zero-order valence-corrected chi connectivity index (χ0v) is 16.8. The molecule has 0 aromatic heterocycles. The van der Waals surface area contributed by atoms with E-state index in [0.29, 0.717) is 11.5 Å². The van der Waals surface area contributed by atoms with E-state index in [2.05, 4.69) is 0 Å². The van der Waals surface area contributed by atoms with Gasteiger partial charge in [0.15, 0.2) is 0 Å². The fourth-order valence-electron chi connectivity index (χ4n) is 3.56. The van der Waals surface area contributed by atoms with Crippen LogP contribution in [0.5, 0.6) is 0 Å². The lowest BCUT2D eigenvalue weighted by atomic mass is 9.87. The molecule has 1 saturated carbocycles. The van der Waals surface area contributed by atoms with Crippen molar-refractivity contribution in [1.29, 1.82) is 0 Å². The molecule has 6 nitrogen and oxygen atoms in total. The summed E-state index contributed by atoms with van der Waals surface area (Å²) < 4.78 is 33.5. The summed E-state index contributed by atoms with van der Waals surface area (Å²) in [6, 6.07) is 0.843. The van der Waals surface area contributed by atoms with Crippen molar-refractivity contribution in [3.8, 4) is 0 Å². The molecule has 1 aliphatic rings. The molecule has 1 aliphatic carbocycles. The van der Waals surface area contributed by atoms with E-state index < -0.39 is 17.6 Å². The second-order valence-electron chi connectivity index (χ2n) is 5.78. The fraction of sp³-hybridized carbons (Fsp3) is 1.00. The van der Waals surface area contributed by atoms with Crippen molar-refractivity contribution >= 4 is 17.6 Å². The average molecular weight is 353 g/mol. The minimum atomic E-state index is -2.54. The Morgan fingerprint density at radius 3 is 1.77 bits per heavy atom. The molecule has 0 heterocycles. The topological polar surface area (TPSA) is 55.4 Å². The summed E-state index contributed by atoms with van der Waals surface area (Å²) in [5.74, 6) is 0.610. The Labute approximate surface area is 137 Å². The highest BCUT2D eigenvalue weighted by atomic mass is 28.4. The molecule has 0 saturated heterocycles. The van der Waals surface area contributed by atoms with Gasteiger partial charge in [-0.25, -0.2) is 0 Å². The van der Waals surface area contributed by atoms with Gasteiger partial charge in [-0.2, -0.15) is 0 Å². The zero-order chi connectivity index (χ0) is 16.6. The van der Waals surface area contributed by atoms with E-state index >= 15 is 0 Å². The number of rotatable bonds is 10. The summed E-state index contributed by atoms with van der Waals surface area (Å²) in [4.78, 5) is 0. The van der Waals surface area contributed by atoms with Gasteiger partial charge in [-0.15, -0.1) is 0 Å². The monoisotopic (exact) mass is 352 g/mol. The van der Waals surface area contributed by atoms with Gasteiger partial charge in [-0.3, -0.25) is 0 Å². The summed E-state index contributed by atoms with van der Waals surface area (Å²) in [6.07, 6.45) is 5.63. The maximum Gasteiger partial charge on any atom is 0.503 e. The van der Waals surface area contributed by atoms with Crippen molar-refractivity contribution in [3.63, 3.8) is 0 Å². The van der Waals surface area contributed by atoms with Gasteiger partial charge in [-0.1, -0.05) is 12.8 Å². The van der Waals surface area contributed by atoms with Gasteiger partial charge in [0.1, 0.15) is 0 Å². The highest BCUT2D eigenvalue weighted by Gasteiger charge is 2.49. The molecule has 8 heteroatoms. The van der Waals surface area contributed by atoms with Gasteiger partial charge >= 0.3 is 17.6 Å². The van der Waals surface area contributed by atoms with E-state index in [1.54, 1.807) is 42.7 Å². The van der Waals surface area contributed by atoms with Crippen molar-refractivity contribution in [2.75, 3.05) is 42.7 Å². The minimum Gasteiger partial charge on any atom is -0.377 e. The molecule has 0 unspecified atom stereocenters. The molecule has 1 rings (SSSR count). The van der Waals surface area contributed by atoms with Crippen LogP contribution in [0.1, 0.15) is 32.1 Å². The first-order valence-corrected chi connectivity index (χ1v) is 11.6. The Kier molecular flexibility index (Phi) is 8.72. The SMILES string of the molecule is CO[Si](CC[C@H]1CCC[C@H]([Si](OC)(OC)OC)C1)(OC)OC. The molecule has 0 spiro atoms. The van der Waals surface area contributed by atoms with Gasteiger partial charge in [0, 0.05) is 54.2 Å². The van der Waals surface area contributed by atoms with Crippen LogP contribution in [-0.2, 0) is 26.6 Å². The number of hydrogen-bond donors (Lipinski definition) is 0. The molecule has 0 aromatic carbocycles. The lowest BCUT2D eigenvalue weighted by Crippen LogP contribution is -2.49. The van der Waals surface area contributed by atoms with E-state index in [4.69, 9.17) is 26.6 Å². The Bertz CT molecular complexity index is 293. The molecule has 132 valence electrons. The third-order valence-corrected chi connectivity index (χ3v) is 10.9. The zero-order valence-electron chi connectivity index (χ0n) is 14.8. The van der Waals surface area contributed by atoms with Gasteiger partial charge < -0.3 is 26.6 Å². The van der Waals surface area contributed by atoms with Crippen molar-refractivity contribution in [2.24, 2.45) is 5.92 Å². The predicted octanol–water partition coefficient (Wildman–Crippen LogP) is 2.69. The lowest BCUT2D eigenvalue weighted by molar-refractivity contribution is 0.0970.